The van der Waals surface area contributed by atoms with E-state index in [2.05, 4.69) is 61.1 Å². The molecule has 816 valence electrons. The van der Waals surface area contributed by atoms with Crippen molar-refractivity contribution in [3.8, 4) is 0 Å². The van der Waals surface area contributed by atoms with E-state index in [0.29, 0.717) is 123 Å². The first-order valence-electron chi connectivity index (χ1n) is 52.2. The highest BCUT2D eigenvalue weighted by molar-refractivity contribution is 5.94. The first kappa shape index (κ1) is 128. The predicted octanol–water partition coefficient (Wildman–Crippen LogP) is 20.8. The molecule has 0 aromatic heterocycles. The van der Waals surface area contributed by atoms with Crippen molar-refractivity contribution in [3.63, 3.8) is 0 Å². The molecule has 13 N–H and O–H groups in total. The first-order valence-corrected chi connectivity index (χ1v) is 52.2. The predicted molar refractivity (Wildman–Crippen MR) is 584 cm³/mol. The monoisotopic (exact) mass is 2050 g/mol. The van der Waals surface area contributed by atoms with Crippen LogP contribution in [-0.2, 0) is 102 Å². The molecule has 7 aromatic carbocycles. The maximum Gasteiger partial charge on any atom is 0.417 e. The third kappa shape index (κ3) is 60.0. The van der Waals surface area contributed by atoms with Gasteiger partial charge in [-0.05, 0) is 279 Å². The molecule has 28 heteroatoms. The van der Waals surface area contributed by atoms with Crippen LogP contribution in [0.5, 0.6) is 0 Å². The SMILES string of the molecule is CC(C)(C)OC(=O)N1C[C@H](Cc2ccccc2)CC1=O.CC(C)(C)OC(=O)NC[C@@H](CC(=O)O)Cc1ccccc1.CC(C)(CCC(=O)C[C@H](CN)Cc1ccccc1)CCC(=O)[C@@H](O)[C@H](N)Cc1ccccc1.CC(C)(CCC(=O)C[C@H](CNC(=O)OC(C)(C)C)Cc1ccccc1)CCC(=O)[C@@H](O)[C@@H](Cc1ccccc1)NC(=O)OC(C)(C)C.CC(C)(CN)CCC(=O)C[C@H](CNC(=O)OC(C)(C)C)Cc1ccccc1. The van der Waals surface area contributed by atoms with E-state index < -0.39 is 88.7 Å². The number of aliphatic hydroxyl groups excluding tert-OH is 2. The lowest BCUT2D eigenvalue weighted by Crippen LogP contribution is -2.49. The quantitative estimate of drug-likeness (QED) is 0.0158. The average molecular weight is 2050 g/mol. The van der Waals surface area contributed by atoms with Crippen LogP contribution in [0, 0.1) is 45.8 Å². The Labute approximate surface area is 881 Å². The van der Waals surface area contributed by atoms with Crippen molar-refractivity contribution in [1.29, 1.82) is 0 Å². The maximum atomic E-state index is 13.2. The molecule has 1 aliphatic heterocycles. The third-order valence-corrected chi connectivity index (χ3v) is 24.5. The van der Waals surface area contributed by atoms with Gasteiger partial charge < -0.3 is 77.5 Å². The van der Waals surface area contributed by atoms with Gasteiger partial charge in [-0.2, -0.15) is 0 Å². The molecule has 1 aliphatic rings. The molecule has 0 spiro atoms. The average Bonchev–Trinajstić information content (AvgIpc) is 1.67. The highest BCUT2D eigenvalue weighted by atomic mass is 16.6. The van der Waals surface area contributed by atoms with Crippen LogP contribution < -0.4 is 38.5 Å². The number of ether oxygens (including phenoxy) is 5. The maximum absolute atomic E-state index is 13.2. The number of carbonyl (C=O) groups is 12. The number of hydrogen-bond donors (Lipinski definition) is 10. The smallest absolute Gasteiger partial charge is 0.417 e. The lowest BCUT2D eigenvalue weighted by molar-refractivity contribution is -0.138. The molecule has 1 saturated heterocycles. The summed E-state index contributed by atoms with van der Waals surface area (Å²) in [7, 11) is 0. The first-order chi connectivity index (χ1) is 69.1. The summed E-state index contributed by atoms with van der Waals surface area (Å²) in [6, 6.07) is 67.1. The zero-order chi connectivity index (χ0) is 111. The molecule has 0 saturated carbocycles. The van der Waals surface area contributed by atoms with E-state index in [1.165, 1.54) is 16.0 Å². The van der Waals surface area contributed by atoms with Crippen molar-refractivity contribution in [3.05, 3.63) is 251 Å². The van der Waals surface area contributed by atoms with E-state index in [0.717, 1.165) is 53.5 Å². The van der Waals surface area contributed by atoms with Crippen LogP contribution in [0.1, 0.15) is 281 Å². The Hall–Kier alpha value is -11.8. The highest BCUT2D eigenvalue weighted by Gasteiger charge is 2.38. The summed E-state index contributed by atoms with van der Waals surface area (Å²) < 4.78 is 26.5. The van der Waals surface area contributed by atoms with Gasteiger partial charge in [0.1, 0.15) is 57.6 Å². The minimum atomic E-state index is -1.42. The number of nitrogens with one attached hydrogen (secondary N) is 4. The zero-order valence-electron chi connectivity index (χ0n) is 92.2. The number of carbonyl (C=O) groups excluding carboxylic acids is 11. The number of imide groups is 1. The molecule has 6 amide bonds. The topological polar surface area (TPSA) is 441 Å². The van der Waals surface area contributed by atoms with Gasteiger partial charge in [-0.1, -0.05) is 254 Å². The molecule has 0 radical (unpaired) electrons. The molecule has 0 unspecified atom stereocenters. The number of rotatable bonds is 50. The summed E-state index contributed by atoms with van der Waals surface area (Å²) in [5, 5.41) is 41.4. The van der Waals surface area contributed by atoms with Gasteiger partial charge in [-0.25, -0.2) is 28.9 Å². The van der Waals surface area contributed by atoms with Crippen LogP contribution in [0.25, 0.3) is 0 Å². The number of alkyl carbamates (subject to hydrolysis) is 4. The fourth-order valence-corrected chi connectivity index (χ4v) is 16.2. The number of aliphatic carboxylic acids is 1. The Morgan fingerprint density at radius 2 is 0.628 bits per heavy atom. The lowest BCUT2D eigenvalue weighted by Gasteiger charge is -2.28. The van der Waals surface area contributed by atoms with Crippen LogP contribution in [0.3, 0.4) is 0 Å². The fraction of sp³-hybridized carbons (Fsp3) is 0.550. The minimum Gasteiger partial charge on any atom is -0.481 e. The number of likely N-dealkylation sites (tertiary alicyclic amines) is 1. The molecule has 1 fully saturated rings. The minimum absolute atomic E-state index is 0.00465. The van der Waals surface area contributed by atoms with Crippen molar-refractivity contribution in [2.45, 2.75) is 339 Å². The van der Waals surface area contributed by atoms with Gasteiger partial charge in [-0.3, -0.25) is 33.6 Å². The van der Waals surface area contributed by atoms with E-state index in [-0.39, 0.29) is 113 Å². The second-order valence-corrected chi connectivity index (χ2v) is 46.5. The number of nitrogens with zero attached hydrogens (tertiary/aromatic N) is 1. The summed E-state index contributed by atoms with van der Waals surface area (Å²) in [4.78, 5) is 148. The molecule has 8 rings (SSSR count). The normalized spacial score (nSPS) is 14.4. The standard InChI is InChI=1S/C38H56N2O7.C28H40N2O3.C22H36N2O3.C16H23NO4.C16H21NO3/c1-36(2,3)46-34(44)39-26-29(23-27-15-11-9-12-16-27)24-30(41)19-21-38(7,8)22-20-32(42)33(43)31(25-28-17-13-10-14-18-28)40-35(45)47-37(4,5)6;1-28(2,15-13-24(31)18-23(20-29)17-21-9-5-3-6-10-21)16-14-26(32)27(33)25(30)19-22-11-7-4-8-12-22;1-21(2,3)27-20(26)24-15-18(13-17-9-7-6-8-10-17)14-19(25)11-12-22(4,5)16-23;1-16(2,3)21-15(20)17-11-13(10-14(18)19)9-12-7-5-4-6-8-12;1-16(2,3)20-15(19)17-11-13(10-14(17)18)9-12-7-5-4-6-8-12/h9-18,29,31,33,43H,19-26H2,1-8H3,(H,39,44)(H,40,45);3-12,23,25,27,33H,13-20,29-30H2,1-2H3;6-10,18H,11-16,23H2,1-5H3,(H,24,26);4-8,13H,9-11H2,1-3H3,(H,17,20)(H,18,19);4-8,13H,9-11H2,1-3H3/t29-,31-,33+;23-,25-,27+;18-;2*13-/m11111/s1. The van der Waals surface area contributed by atoms with E-state index >= 15 is 0 Å². The van der Waals surface area contributed by atoms with Crippen LogP contribution in [-0.4, -0.2) is 183 Å². The second kappa shape index (κ2) is 63.9. The van der Waals surface area contributed by atoms with Gasteiger partial charge >= 0.3 is 36.4 Å². The second-order valence-electron chi connectivity index (χ2n) is 46.5. The Morgan fingerprint density at radius 3 is 0.946 bits per heavy atom. The number of ketones is 5. The molecule has 9 atom stereocenters. The van der Waals surface area contributed by atoms with Gasteiger partial charge in [0.25, 0.3) is 0 Å². The number of carboxylic acids is 1. The third-order valence-electron chi connectivity index (χ3n) is 24.5. The van der Waals surface area contributed by atoms with E-state index in [1.54, 1.807) is 83.1 Å². The summed E-state index contributed by atoms with van der Waals surface area (Å²) in [5.41, 5.74) is 21.7. The number of benzene rings is 7. The summed E-state index contributed by atoms with van der Waals surface area (Å²) >= 11 is 0. The van der Waals surface area contributed by atoms with Gasteiger partial charge in [0, 0.05) is 90.0 Å². The molecule has 1 heterocycles. The Kier molecular flexibility index (Phi) is 55.5. The fourth-order valence-electron chi connectivity index (χ4n) is 16.2. The van der Waals surface area contributed by atoms with Crippen LogP contribution in [0.15, 0.2) is 212 Å². The Balaban J connectivity index is 0.000000400. The van der Waals surface area contributed by atoms with Gasteiger partial charge in [0.05, 0.1) is 12.5 Å². The molecule has 0 aliphatic carbocycles. The van der Waals surface area contributed by atoms with E-state index in [9.17, 15) is 67.7 Å². The highest BCUT2D eigenvalue weighted by Crippen LogP contribution is 2.34. The lowest BCUT2D eigenvalue weighted by atomic mass is 9.80. The Morgan fingerprint density at radius 1 is 0.351 bits per heavy atom. The van der Waals surface area contributed by atoms with E-state index in [1.807, 2.05) is 235 Å². The van der Waals surface area contributed by atoms with Crippen LogP contribution in [0.4, 0.5) is 24.0 Å². The summed E-state index contributed by atoms with van der Waals surface area (Å²) in [6.45, 7) is 41.7. The summed E-state index contributed by atoms with van der Waals surface area (Å²) in [6.07, 6.45) is 5.44. The number of Topliss-reactive ketones (excluding diaryl/α,β-unsaturated/α-hetero) is 5. The number of aliphatic hydroxyl groups is 2. The van der Waals surface area contributed by atoms with Crippen molar-refractivity contribution in [1.82, 2.24) is 26.2 Å². The largest absolute Gasteiger partial charge is 0.481 e. The molecular weight excluding hydrogens is 1870 g/mol. The molecule has 28 nitrogen and oxygen atoms in total. The molecule has 148 heavy (non-hydrogen) atoms. The zero-order valence-corrected chi connectivity index (χ0v) is 92.2. The van der Waals surface area contributed by atoms with Crippen LogP contribution in [0.2, 0.25) is 0 Å². The Bertz CT molecular complexity index is 5110. The molecule has 7 aromatic rings. The van der Waals surface area contributed by atoms with Gasteiger partial charge in [-0.15, -0.1) is 0 Å². The van der Waals surface area contributed by atoms with Crippen molar-refractivity contribution in [2.75, 3.05) is 39.3 Å². The number of amides is 6. The van der Waals surface area contributed by atoms with E-state index in [4.69, 9.17) is 46.0 Å². The summed E-state index contributed by atoms with van der Waals surface area (Å²) in [5.74, 6) is -1.02. The van der Waals surface area contributed by atoms with Crippen molar-refractivity contribution >= 4 is 71.3 Å². The number of nitrogens with two attached hydrogens (primary N) is 3. The number of hydrogen-bond acceptors (Lipinski definition) is 22. The van der Waals surface area contributed by atoms with Gasteiger partial charge in [0.2, 0.25) is 5.91 Å². The molecule has 0 bridgehead atoms. The number of carboxylic acid groups (broad SMARTS) is 1. The van der Waals surface area contributed by atoms with Crippen molar-refractivity contribution < 1.29 is 96.5 Å². The van der Waals surface area contributed by atoms with Gasteiger partial charge in [0.15, 0.2) is 11.6 Å². The van der Waals surface area contributed by atoms with Crippen molar-refractivity contribution in [2.24, 2.45) is 63.0 Å². The molecular formula is C120H176N8O20. The van der Waals surface area contributed by atoms with Crippen LogP contribution >= 0.6 is 0 Å².